The molecule has 0 unspecified atom stereocenters. The van der Waals surface area contributed by atoms with Crippen LogP contribution in [0.5, 0.6) is 0 Å². The number of nitriles is 1. The van der Waals surface area contributed by atoms with Crippen LogP contribution in [0.4, 0.5) is 0 Å². The highest BCUT2D eigenvalue weighted by molar-refractivity contribution is 5.87. The third-order valence-corrected chi connectivity index (χ3v) is 4.21. The molecule has 4 nitrogen and oxygen atoms in total. The monoisotopic (exact) mass is 292 g/mol. The number of benzene rings is 1. The number of hydrogen-bond donors (Lipinski definition) is 0. The minimum Gasteiger partial charge on any atom is -0.310 e. The molecule has 22 heavy (non-hydrogen) atoms. The summed E-state index contributed by atoms with van der Waals surface area (Å²) < 4.78 is 2.12. The first-order valence-corrected chi connectivity index (χ1v) is 7.80. The van der Waals surface area contributed by atoms with Crippen molar-refractivity contribution in [3.05, 3.63) is 46.5 Å². The lowest BCUT2D eigenvalue weighted by molar-refractivity contribution is 0.627. The van der Waals surface area contributed by atoms with Crippen LogP contribution in [-0.4, -0.2) is 14.8 Å². The van der Waals surface area contributed by atoms with Gasteiger partial charge in [-0.2, -0.15) is 5.26 Å². The summed E-state index contributed by atoms with van der Waals surface area (Å²) in [5.74, 6) is 1.72. The molecule has 1 aliphatic rings. The molecule has 0 spiro atoms. The molecule has 3 rings (SSSR count). The molecule has 2 aromatic rings. The van der Waals surface area contributed by atoms with Gasteiger partial charge < -0.3 is 4.57 Å². The second-order valence-electron chi connectivity index (χ2n) is 5.93. The average molecular weight is 292 g/mol. The molecule has 0 saturated heterocycles. The fraction of sp³-hybridized carbons (Fsp3) is 0.389. The Morgan fingerprint density at radius 2 is 2.09 bits per heavy atom. The van der Waals surface area contributed by atoms with E-state index in [2.05, 4.69) is 52.9 Å². The molecule has 0 saturated carbocycles. The number of aryl methyl sites for hydroxylation is 3. The molecule has 0 amide bonds. The van der Waals surface area contributed by atoms with Crippen molar-refractivity contribution >= 4 is 11.6 Å². The maximum atomic E-state index is 9.59. The fourth-order valence-corrected chi connectivity index (χ4v) is 2.90. The first kappa shape index (κ1) is 14.5. The van der Waals surface area contributed by atoms with Gasteiger partial charge >= 0.3 is 0 Å². The van der Waals surface area contributed by atoms with Crippen molar-refractivity contribution in [2.45, 2.75) is 46.1 Å². The van der Waals surface area contributed by atoms with E-state index in [1.165, 1.54) is 12.0 Å². The third-order valence-electron chi connectivity index (χ3n) is 4.21. The molecule has 0 bridgehead atoms. The number of allylic oxidation sites excluding steroid dienone is 1. The highest BCUT2D eigenvalue weighted by Gasteiger charge is 2.17. The molecule has 0 fully saturated rings. The Morgan fingerprint density at radius 1 is 1.23 bits per heavy atom. The van der Waals surface area contributed by atoms with Gasteiger partial charge in [0.05, 0.1) is 5.57 Å². The molecule has 4 heteroatoms. The van der Waals surface area contributed by atoms with Gasteiger partial charge in [-0.25, -0.2) is 0 Å². The molecule has 2 heterocycles. The van der Waals surface area contributed by atoms with Gasteiger partial charge in [-0.05, 0) is 43.9 Å². The molecule has 0 atom stereocenters. The van der Waals surface area contributed by atoms with Crippen molar-refractivity contribution in [1.29, 1.82) is 5.26 Å². The Balaban J connectivity index is 2.05. The van der Waals surface area contributed by atoms with E-state index >= 15 is 0 Å². The SMILES string of the molecule is Cc1ccc(C)c(/C=C(\C#N)c2nnc3n2CCCCC3)c1. The van der Waals surface area contributed by atoms with E-state index in [9.17, 15) is 5.26 Å². The van der Waals surface area contributed by atoms with E-state index in [0.29, 0.717) is 11.4 Å². The Bertz CT molecular complexity index is 762. The Morgan fingerprint density at radius 3 is 2.91 bits per heavy atom. The molecule has 0 radical (unpaired) electrons. The summed E-state index contributed by atoms with van der Waals surface area (Å²) in [7, 11) is 0. The molecular formula is C18H20N4. The van der Waals surface area contributed by atoms with Gasteiger partial charge in [0.25, 0.3) is 0 Å². The van der Waals surface area contributed by atoms with Crippen LogP contribution in [0.15, 0.2) is 18.2 Å². The third kappa shape index (κ3) is 2.80. The number of rotatable bonds is 2. The van der Waals surface area contributed by atoms with Gasteiger partial charge in [-0.1, -0.05) is 30.2 Å². The maximum absolute atomic E-state index is 9.59. The predicted molar refractivity (Wildman–Crippen MR) is 87.0 cm³/mol. The maximum Gasteiger partial charge on any atom is 0.174 e. The molecule has 112 valence electrons. The summed E-state index contributed by atoms with van der Waals surface area (Å²) in [6.45, 7) is 5.03. The zero-order valence-electron chi connectivity index (χ0n) is 13.1. The lowest BCUT2D eigenvalue weighted by Gasteiger charge is -2.07. The fourth-order valence-electron chi connectivity index (χ4n) is 2.90. The van der Waals surface area contributed by atoms with Crippen molar-refractivity contribution in [1.82, 2.24) is 14.8 Å². The van der Waals surface area contributed by atoms with Crippen LogP contribution in [0.3, 0.4) is 0 Å². The van der Waals surface area contributed by atoms with E-state index in [1.807, 2.05) is 6.08 Å². The van der Waals surface area contributed by atoms with Gasteiger partial charge in [0.15, 0.2) is 5.82 Å². The predicted octanol–water partition coefficient (Wildman–Crippen LogP) is 3.69. The van der Waals surface area contributed by atoms with E-state index in [4.69, 9.17) is 0 Å². The average Bonchev–Trinajstić information content (AvgIpc) is 2.76. The lowest BCUT2D eigenvalue weighted by Crippen LogP contribution is -2.05. The summed E-state index contributed by atoms with van der Waals surface area (Å²) in [4.78, 5) is 0. The zero-order chi connectivity index (χ0) is 15.5. The van der Waals surface area contributed by atoms with Gasteiger partial charge in [-0.15, -0.1) is 10.2 Å². The van der Waals surface area contributed by atoms with Crippen LogP contribution in [-0.2, 0) is 13.0 Å². The van der Waals surface area contributed by atoms with E-state index in [0.717, 1.165) is 42.8 Å². The highest BCUT2D eigenvalue weighted by atomic mass is 15.3. The summed E-state index contributed by atoms with van der Waals surface area (Å²) in [5.41, 5.74) is 4.01. The summed E-state index contributed by atoms with van der Waals surface area (Å²) in [6.07, 6.45) is 6.38. The molecule has 1 aromatic heterocycles. The topological polar surface area (TPSA) is 54.5 Å². The molecule has 0 N–H and O–H groups in total. The van der Waals surface area contributed by atoms with Crippen LogP contribution in [0, 0.1) is 25.2 Å². The van der Waals surface area contributed by atoms with E-state index in [-0.39, 0.29) is 0 Å². The normalized spacial score (nSPS) is 15.0. The van der Waals surface area contributed by atoms with Crippen LogP contribution in [0.25, 0.3) is 11.6 Å². The number of aromatic nitrogens is 3. The highest BCUT2D eigenvalue weighted by Crippen LogP contribution is 2.22. The largest absolute Gasteiger partial charge is 0.310 e. The van der Waals surface area contributed by atoms with Crippen molar-refractivity contribution in [2.75, 3.05) is 0 Å². The second kappa shape index (κ2) is 6.15. The smallest absolute Gasteiger partial charge is 0.174 e. The van der Waals surface area contributed by atoms with E-state index < -0.39 is 0 Å². The lowest BCUT2D eigenvalue weighted by atomic mass is 10.0. The van der Waals surface area contributed by atoms with E-state index in [1.54, 1.807) is 0 Å². The summed E-state index contributed by atoms with van der Waals surface area (Å²) in [5, 5.41) is 18.2. The van der Waals surface area contributed by atoms with Crippen LogP contribution < -0.4 is 0 Å². The van der Waals surface area contributed by atoms with Crippen molar-refractivity contribution in [3.8, 4) is 6.07 Å². The molecule has 1 aliphatic heterocycles. The standard InChI is InChI=1S/C18H20N4/c1-13-7-8-14(2)15(10-13)11-16(12-19)18-21-20-17-6-4-3-5-9-22(17)18/h7-8,10-11H,3-6,9H2,1-2H3/b16-11+. The summed E-state index contributed by atoms with van der Waals surface area (Å²) in [6, 6.07) is 8.58. The second-order valence-corrected chi connectivity index (χ2v) is 5.93. The van der Waals surface area contributed by atoms with Gasteiger partial charge in [0.1, 0.15) is 11.9 Å². The van der Waals surface area contributed by atoms with Crippen molar-refractivity contribution in [3.63, 3.8) is 0 Å². The number of nitrogens with zero attached hydrogens (tertiary/aromatic N) is 4. The molecule has 1 aromatic carbocycles. The Hall–Kier alpha value is -2.41. The van der Waals surface area contributed by atoms with Crippen LogP contribution in [0.2, 0.25) is 0 Å². The minimum absolute atomic E-state index is 0.592. The zero-order valence-corrected chi connectivity index (χ0v) is 13.1. The molecular weight excluding hydrogens is 272 g/mol. The summed E-state index contributed by atoms with van der Waals surface area (Å²) >= 11 is 0. The Labute approximate surface area is 131 Å². The van der Waals surface area contributed by atoms with Crippen molar-refractivity contribution in [2.24, 2.45) is 0 Å². The van der Waals surface area contributed by atoms with Gasteiger partial charge in [-0.3, -0.25) is 0 Å². The minimum atomic E-state index is 0.592. The van der Waals surface area contributed by atoms with Crippen molar-refractivity contribution < 1.29 is 0 Å². The van der Waals surface area contributed by atoms with Gasteiger partial charge in [0.2, 0.25) is 0 Å². The number of hydrogen-bond acceptors (Lipinski definition) is 3. The van der Waals surface area contributed by atoms with Crippen LogP contribution in [0.1, 0.15) is 47.6 Å². The first-order chi connectivity index (χ1) is 10.7. The first-order valence-electron chi connectivity index (χ1n) is 7.80. The number of fused-ring (bicyclic) bond motifs is 1. The molecule has 0 aliphatic carbocycles. The van der Waals surface area contributed by atoms with Crippen LogP contribution >= 0.6 is 0 Å². The Kier molecular flexibility index (Phi) is 4.06. The van der Waals surface area contributed by atoms with Gasteiger partial charge in [0, 0.05) is 13.0 Å². The quantitative estimate of drug-likeness (QED) is 0.793.